The van der Waals surface area contributed by atoms with E-state index in [1.54, 1.807) is 91.0 Å². The highest BCUT2D eigenvalue weighted by molar-refractivity contribution is 7.25. The second kappa shape index (κ2) is 35.5. The number of primary amides is 1. The van der Waals surface area contributed by atoms with Crippen molar-refractivity contribution < 1.29 is 86.9 Å². The number of hydrogen-bond donors (Lipinski definition) is 9. The van der Waals surface area contributed by atoms with Crippen molar-refractivity contribution in [1.29, 1.82) is 0 Å². The second-order valence-corrected chi connectivity index (χ2v) is 29.7. The number of rotatable bonds is 23. The van der Waals surface area contributed by atoms with Gasteiger partial charge in [0.2, 0.25) is 11.8 Å². The van der Waals surface area contributed by atoms with Crippen LogP contribution in [0.4, 0.5) is 26.7 Å². The number of amides is 8. The minimum atomic E-state index is -2.09. The number of ether oxygens (including phenoxy) is 5. The number of unbranched alkanes of at least 4 members (excludes halogenated alkanes) is 2. The summed E-state index contributed by atoms with van der Waals surface area (Å²) in [5, 5.41) is 49.5. The van der Waals surface area contributed by atoms with E-state index in [1.807, 2.05) is 12.1 Å². The van der Waals surface area contributed by atoms with Crippen LogP contribution >= 0.6 is 11.3 Å². The molecule has 0 spiro atoms. The summed E-state index contributed by atoms with van der Waals surface area (Å²) in [6, 6.07) is 10.4. The summed E-state index contributed by atoms with van der Waals surface area (Å²) in [6.45, 7) is 17.4. The molecule has 11 atom stereocenters. The number of phenolic OH excluding ortho intramolecular Hbond substituents is 1. The molecule has 8 amide bonds. The molecule has 4 aromatic carbocycles. The molecule has 4 aliphatic heterocycles. The number of urea groups is 1. The molecular weight excluding hydrogens is 1400 g/mol. The van der Waals surface area contributed by atoms with Crippen molar-refractivity contribution in [2.24, 2.45) is 41.2 Å². The van der Waals surface area contributed by atoms with Gasteiger partial charge in [-0.25, -0.2) is 14.6 Å². The number of piperidine rings is 1. The number of allylic oxidation sites excluding steroid dienone is 2. The van der Waals surface area contributed by atoms with E-state index < -0.39 is 113 Å². The molecule has 9 rings (SSSR count). The summed E-state index contributed by atoms with van der Waals surface area (Å²) in [5.41, 5.74) is 6.87. The van der Waals surface area contributed by atoms with E-state index >= 15 is 4.79 Å². The number of alkyl carbamates (subject to hydrolysis) is 1. The highest BCUT2D eigenvalue weighted by Crippen LogP contribution is 2.50. The van der Waals surface area contributed by atoms with Crippen LogP contribution in [-0.2, 0) is 59.1 Å². The first-order chi connectivity index (χ1) is 50.8. The number of nitrogens with one attached hydrogen (secondary N) is 5. The van der Waals surface area contributed by atoms with Gasteiger partial charge in [0.1, 0.15) is 24.1 Å². The Labute approximate surface area is 623 Å². The third-order valence-electron chi connectivity index (χ3n) is 20.5. The van der Waals surface area contributed by atoms with Gasteiger partial charge < -0.3 is 76.2 Å². The molecule has 107 heavy (non-hydrogen) atoms. The second-order valence-electron chi connectivity index (χ2n) is 28.6. The van der Waals surface area contributed by atoms with Crippen LogP contribution in [0.3, 0.4) is 0 Å². The molecule has 4 bridgehead atoms. The minimum Gasteiger partial charge on any atom is -0.505 e. The summed E-state index contributed by atoms with van der Waals surface area (Å²) < 4.78 is 30.6. The fraction of sp³-hybridized carbons (Fsp3) is 0.487. The number of methoxy groups -OCH3 is 1. The number of benzene rings is 4. The van der Waals surface area contributed by atoms with E-state index in [4.69, 9.17) is 34.4 Å². The summed E-state index contributed by atoms with van der Waals surface area (Å²) in [5.74, 6) is -10.5. The van der Waals surface area contributed by atoms with Crippen molar-refractivity contribution in [2.75, 3.05) is 48.8 Å². The first kappa shape index (κ1) is 81.0. The predicted molar refractivity (Wildman–Crippen MR) is 402 cm³/mol. The van der Waals surface area contributed by atoms with Crippen LogP contribution in [0.2, 0.25) is 0 Å². The lowest BCUT2D eigenvalue weighted by Crippen LogP contribution is -2.46. The van der Waals surface area contributed by atoms with E-state index in [-0.39, 0.29) is 124 Å². The number of hydrogen-bond acceptors (Lipinski definition) is 22. The molecule has 0 unspecified atom stereocenters. The van der Waals surface area contributed by atoms with Gasteiger partial charge in [0.05, 0.1) is 62.0 Å². The molecule has 5 aromatic rings. The average Bonchev–Trinajstić information content (AvgIpc) is 1.65. The lowest BCUT2D eigenvalue weighted by Gasteiger charge is -2.38. The van der Waals surface area contributed by atoms with E-state index in [1.165, 1.54) is 58.4 Å². The number of esters is 1. The number of imide groups is 1. The first-order valence-corrected chi connectivity index (χ1v) is 37.0. The minimum absolute atomic E-state index is 0.0249. The quantitative estimate of drug-likeness (QED) is 0.00735. The molecule has 28 nitrogen and oxygen atoms in total. The van der Waals surface area contributed by atoms with Crippen LogP contribution in [0.15, 0.2) is 95.6 Å². The number of fused-ring (bicyclic) bond motifs is 2. The fourth-order valence-corrected chi connectivity index (χ4v) is 15.2. The highest BCUT2D eigenvalue weighted by Gasteiger charge is 2.50. The summed E-state index contributed by atoms with van der Waals surface area (Å²) in [7, 11) is 1.43. The van der Waals surface area contributed by atoms with Gasteiger partial charge >= 0.3 is 23.9 Å². The van der Waals surface area contributed by atoms with Gasteiger partial charge in [-0.2, -0.15) is 0 Å². The number of aliphatic hydroxyl groups excluding tert-OH is 2. The zero-order chi connectivity index (χ0) is 77.9. The number of carbonyl (C=O) groups excluding carboxylic acids is 10. The van der Waals surface area contributed by atoms with Crippen LogP contribution in [0.25, 0.3) is 31.2 Å². The van der Waals surface area contributed by atoms with Crippen LogP contribution in [0.1, 0.15) is 142 Å². The Bertz CT molecular complexity index is 4410. The maximum Gasteiger partial charge on any atom is 0.407 e. The lowest BCUT2D eigenvalue weighted by molar-refractivity contribution is -0.160. The molecular formula is C78H97N9O19S. The van der Waals surface area contributed by atoms with Crippen LogP contribution in [0.5, 0.6) is 11.5 Å². The van der Waals surface area contributed by atoms with Crippen molar-refractivity contribution in [2.45, 2.75) is 176 Å². The van der Waals surface area contributed by atoms with Crippen LogP contribution in [-0.4, -0.2) is 160 Å². The third kappa shape index (κ3) is 19.2. The number of carbonyl (C=O) groups is 10. The predicted octanol–water partition coefficient (Wildman–Crippen LogP) is 8.95. The number of anilines is 3. The van der Waals surface area contributed by atoms with Gasteiger partial charge in [0, 0.05) is 136 Å². The van der Waals surface area contributed by atoms with Gasteiger partial charge in [0.15, 0.2) is 17.0 Å². The Balaban J connectivity index is 0.872. The maximum atomic E-state index is 15.1. The number of nitrogens with two attached hydrogens (primary N) is 1. The van der Waals surface area contributed by atoms with E-state index in [0.29, 0.717) is 73.1 Å². The number of ketones is 2. The topological polar surface area (TPSA) is 400 Å². The van der Waals surface area contributed by atoms with Gasteiger partial charge in [-0.15, -0.1) is 11.3 Å². The molecule has 4 aliphatic rings. The molecule has 1 fully saturated rings. The van der Waals surface area contributed by atoms with Gasteiger partial charge in [-0.3, -0.25) is 48.1 Å². The average molecular weight is 1500 g/mol. The van der Waals surface area contributed by atoms with Gasteiger partial charge in [-0.1, -0.05) is 78.3 Å². The van der Waals surface area contributed by atoms with E-state index in [2.05, 4.69) is 31.5 Å². The number of aromatic nitrogens is 1. The fourth-order valence-electron chi connectivity index (χ4n) is 14.1. The summed E-state index contributed by atoms with van der Waals surface area (Å²) in [4.78, 5) is 154. The van der Waals surface area contributed by atoms with Crippen LogP contribution < -0.4 is 47.4 Å². The van der Waals surface area contributed by atoms with Crippen molar-refractivity contribution in [3.63, 3.8) is 0 Å². The molecule has 1 aromatic heterocycles. The monoisotopic (exact) mass is 1500 g/mol. The van der Waals surface area contributed by atoms with E-state index in [9.17, 15) is 63.3 Å². The standard InChI is InChI=1S/C78H97N9O19S/c1-40(2)63(84-57(90)20-13-12-14-33-87-58(91)27-28-59(87)92)54(89)37-49(19-16-32-80-76(79)100)75(99)81-50-23-21-48(22-24-50)39-103-77(101)82-51-29-34-86(35-30-51)52-25-26-53-56(38-52)107-72-64(83-53)60-61-68(95)46(8)71-62(60)73(97)78(10,106-71)104-36-31-55(102-11)43(5)70(105-47(9)88)45(7)67(94)44(6)66(93)41(3)17-15-18-42(4)74(98)85-65(72)69(61)96/h15,17-18,21-28,31,36,38,40-41,43-45,49,51,55,63,66-67,70,93-94,96H,12-14,16,19-20,29-30,32-35,37,39H2,1-11H3,(H,81,99)(H,82,101)(H,84,90)(H,85,98)(H3,79,80,100)/b17-15+,36-31+,42-18-/t41-,43+,44+,45+,49+,55-,63-,66-,67+,70+,78-/m0/s1. The smallest absolute Gasteiger partial charge is 0.407 e. The van der Waals surface area contributed by atoms with Crippen molar-refractivity contribution in [3.05, 3.63) is 118 Å². The number of aliphatic hydroxyl groups is 2. The molecule has 1 saturated heterocycles. The zero-order valence-corrected chi connectivity index (χ0v) is 62.9. The van der Waals surface area contributed by atoms with Crippen LogP contribution in [0, 0.1) is 42.4 Å². The van der Waals surface area contributed by atoms with Gasteiger partial charge in [0.25, 0.3) is 23.5 Å². The normalized spacial score (nSPS) is 24.0. The number of Topliss-reactive ketones (excluding diaryl/α,β-unsaturated/α-hetero) is 2. The first-order valence-electron chi connectivity index (χ1n) is 36.2. The summed E-state index contributed by atoms with van der Waals surface area (Å²) in [6.07, 6.45) is 8.31. The SMILES string of the molecule is CO[C@H]1/C=C/O[C@@]2(C)Oc3c(C)c(=O)c4c(O)c(c5sc6cc(N7CCC(NC(=O)OCc8ccc(NC(=O)[C@H](CCCNC(N)=O)CC(=O)[C@@H](NC(=O)CCCCCN9C(=O)C=CC9=O)C(C)C)cc8)CC7)ccc6nc5c4c3C2=O)NC(=O)/C(C)=C\C=C\[C@H](C)[C@H](O)[C@@H](C)[C@@H](O)[C@@H](C)[C@H](OC(C)=O)[C@@H]1C. The van der Waals surface area contributed by atoms with E-state index in [0.717, 1.165) is 21.9 Å². The maximum absolute atomic E-state index is 15.1. The number of nitrogens with zero attached hydrogens (tertiary/aromatic N) is 3. The molecule has 29 heteroatoms. The molecule has 5 heterocycles. The highest BCUT2D eigenvalue weighted by atomic mass is 32.1. The summed E-state index contributed by atoms with van der Waals surface area (Å²) >= 11 is 1.16. The van der Waals surface area contributed by atoms with Crippen molar-refractivity contribution in [3.8, 4) is 11.5 Å². The molecule has 0 saturated carbocycles. The Morgan fingerprint density at radius 1 is 0.879 bits per heavy atom. The zero-order valence-electron chi connectivity index (χ0n) is 62.1. The molecule has 10 N–H and O–H groups in total. The Morgan fingerprint density at radius 3 is 2.24 bits per heavy atom. The molecule has 0 radical (unpaired) electrons. The lowest BCUT2D eigenvalue weighted by atomic mass is 9.78. The Hall–Kier alpha value is -10.1. The van der Waals surface area contributed by atoms with Crippen molar-refractivity contribution in [1.82, 2.24) is 25.8 Å². The molecule has 0 aliphatic carbocycles. The van der Waals surface area contributed by atoms with Crippen molar-refractivity contribution >= 4 is 119 Å². The third-order valence-corrected chi connectivity index (χ3v) is 21.6. The number of aromatic hydroxyl groups is 1. The number of phenols is 1. The largest absolute Gasteiger partial charge is 0.505 e. The van der Waals surface area contributed by atoms with Gasteiger partial charge in [-0.05, 0) is 100 Å². The Kier molecular flexibility index (Phi) is 26.9. The Morgan fingerprint density at radius 2 is 1.58 bits per heavy atom. The molecule has 574 valence electrons.